The lowest BCUT2D eigenvalue weighted by molar-refractivity contribution is -0.138. The Labute approximate surface area is 104 Å². The molecule has 3 rings (SSSR count). The van der Waals surface area contributed by atoms with Crippen LogP contribution in [0.3, 0.4) is 0 Å². The first kappa shape index (κ1) is 11.5. The molecule has 0 aromatic carbocycles. The van der Waals surface area contributed by atoms with E-state index in [1.165, 1.54) is 25.7 Å². The Morgan fingerprint density at radius 3 is 2.41 bits per heavy atom. The van der Waals surface area contributed by atoms with Crippen LogP contribution in [-0.4, -0.2) is 37.0 Å². The number of fused-ring (bicyclic) bond motifs is 2. The summed E-state index contributed by atoms with van der Waals surface area (Å²) in [4.78, 5) is 14.6. The van der Waals surface area contributed by atoms with Crippen molar-refractivity contribution in [2.45, 2.75) is 44.6 Å². The van der Waals surface area contributed by atoms with Gasteiger partial charge in [-0.2, -0.15) is 0 Å². The molecule has 96 valence electrons. The van der Waals surface area contributed by atoms with E-state index in [0.717, 1.165) is 37.8 Å². The van der Waals surface area contributed by atoms with E-state index in [1.807, 2.05) is 7.05 Å². The second-order valence-electron chi connectivity index (χ2n) is 6.17. The fourth-order valence-corrected chi connectivity index (χ4v) is 4.17. The maximum Gasteiger partial charge on any atom is 0.225 e. The quantitative estimate of drug-likeness (QED) is 0.790. The summed E-state index contributed by atoms with van der Waals surface area (Å²) in [6.45, 7) is 1.94. The minimum Gasteiger partial charge on any atom is -0.342 e. The molecule has 3 heteroatoms. The predicted molar refractivity (Wildman–Crippen MR) is 67.6 cm³/mol. The number of likely N-dealkylation sites (tertiary alicyclic amines) is 1. The molecule has 0 spiro atoms. The second kappa shape index (κ2) is 4.60. The molecule has 0 aromatic rings. The molecular formula is C14H24N2O. The first-order valence-corrected chi connectivity index (χ1v) is 7.24. The zero-order valence-corrected chi connectivity index (χ0v) is 10.8. The highest BCUT2D eigenvalue weighted by Crippen LogP contribution is 2.48. The molecule has 1 heterocycles. The van der Waals surface area contributed by atoms with E-state index < -0.39 is 0 Å². The van der Waals surface area contributed by atoms with Gasteiger partial charge in [-0.25, -0.2) is 0 Å². The summed E-state index contributed by atoms with van der Waals surface area (Å²) in [5, 5.41) is 3.32. The van der Waals surface area contributed by atoms with Crippen LogP contribution in [0.2, 0.25) is 0 Å². The summed E-state index contributed by atoms with van der Waals surface area (Å²) in [6.07, 6.45) is 7.48. The van der Waals surface area contributed by atoms with Gasteiger partial charge in [0.05, 0.1) is 0 Å². The average Bonchev–Trinajstić information content (AvgIpc) is 3.00. The van der Waals surface area contributed by atoms with Crippen LogP contribution in [0.1, 0.15) is 38.5 Å². The molecule has 2 saturated carbocycles. The molecule has 0 radical (unpaired) electrons. The molecule has 3 atom stereocenters. The van der Waals surface area contributed by atoms with Gasteiger partial charge in [-0.05, 0) is 51.0 Å². The highest BCUT2D eigenvalue weighted by atomic mass is 16.2. The van der Waals surface area contributed by atoms with Gasteiger partial charge in [0.25, 0.3) is 0 Å². The van der Waals surface area contributed by atoms with Gasteiger partial charge < -0.3 is 10.2 Å². The van der Waals surface area contributed by atoms with Crippen molar-refractivity contribution in [1.29, 1.82) is 0 Å². The highest BCUT2D eigenvalue weighted by molar-refractivity contribution is 5.79. The lowest BCUT2D eigenvalue weighted by Crippen LogP contribution is -2.46. The van der Waals surface area contributed by atoms with Crippen molar-refractivity contribution >= 4 is 5.91 Å². The van der Waals surface area contributed by atoms with Gasteiger partial charge in [0, 0.05) is 25.0 Å². The SMILES string of the molecule is CNC1CCN(C(=O)C2CC3CCC2C3)CC1. The first-order valence-electron chi connectivity index (χ1n) is 7.24. The zero-order valence-electron chi connectivity index (χ0n) is 10.8. The van der Waals surface area contributed by atoms with E-state index >= 15 is 0 Å². The zero-order chi connectivity index (χ0) is 11.8. The van der Waals surface area contributed by atoms with Gasteiger partial charge in [-0.1, -0.05) is 6.42 Å². The Bertz CT molecular complexity index is 297. The van der Waals surface area contributed by atoms with E-state index in [-0.39, 0.29) is 0 Å². The molecule has 3 fully saturated rings. The molecule has 3 aliphatic rings. The van der Waals surface area contributed by atoms with Crippen LogP contribution in [0, 0.1) is 17.8 Å². The second-order valence-corrected chi connectivity index (χ2v) is 6.17. The molecule has 3 unspecified atom stereocenters. The number of amides is 1. The molecule has 3 nitrogen and oxygen atoms in total. The molecular weight excluding hydrogens is 212 g/mol. The van der Waals surface area contributed by atoms with Gasteiger partial charge in [0.1, 0.15) is 0 Å². The van der Waals surface area contributed by atoms with Crippen LogP contribution >= 0.6 is 0 Å². The number of hydrogen-bond acceptors (Lipinski definition) is 2. The minimum absolute atomic E-state index is 0.389. The standard InChI is InChI=1S/C14H24N2O/c1-15-12-4-6-16(7-5-12)14(17)13-9-10-2-3-11(13)8-10/h10-13,15H,2-9H2,1H3. The summed E-state index contributed by atoms with van der Waals surface area (Å²) >= 11 is 0. The molecule has 1 saturated heterocycles. The maximum absolute atomic E-state index is 12.5. The Morgan fingerprint density at radius 2 is 1.88 bits per heavy atom. The van der Waals surface area contributed by atoms with E-state index in [1.54, 1.807) is 0 Å². The third-order valence-electron chi connectivity index (χ3n) is 5.27. The summed E-state index contributed by atoms with van der Waals surface area (Å²) in [5.74, 6) is 2.48. The molecule has 1 N–H and O–H groups in total. The van der Waals surface area contributed by atoms with Crippen LogP contribution < -0.4 is 5.32 Å². The van der Waals surface area contributed by atoms with Crippen LogP contribution in [-0.2, 0) is 4.79 Å². The molecule has 17 heavy (non-hydrogen) atoms. The van der Waals surface area contributed by atoms with Gasteiger partial charge >= 0.3 is 0 Å². The smallest absolute Gasteiger partial charge is 0.225 e. The molecule has 1 amide bonds. The van der Waals surface area contributed by atoms with E-state index in [2.05, 4.69) is 10.2 Å². The lowest BCUT2D eigenvalue weighted by Gasteiger charge is -2.35. The van der Waals surface area contributed by atoms with Crippen molar-refractivity contribution in [3.63, 3.8) is 0 Å². The number of carbonyl (C=O) groups excluding carboxylic acids is 1. The molecule has 0 aromatic heterocycles. The van der Waals surface area contributed by atoms with Gasteiger partial charge in [-0.15, -0.1) is 0 Å². The number of nitrogens with one attached hydrogen (secondary N) is 1. The first-order chi connectivity index (χ1) is 8.28. The third kappa shape index (κ3) is 2.10. The summed E-state index contributed by atoms with van der Waals surface area (Å²) in [7, 11) is 2.03. The number of nitrogens with zero attached hydrogens (tertiary/aromatic N) is 1. The summed E-state index contributed by atoms with van der Waals surface area (Å²) in [6, 6.07) is 0.624. The molecule has 2 bridgehead atoms. The predicted octanol–water partition coefficient (Wildman–Crippen LogP) is 1.63. The van der Waals surface area contributed by atoms with Crippen LogP contribution in [0.5, 0.6) is 0 Å². The normalized spacial score (nSPS) is 37.7. The van der Waals surface area contributed by atoms with E-state index in [9.17, 15) is 4.79 Å². The van der Waals surface area contributed by atoms with Crippen molar-refractivity contribution in [3.05, 3.63) is 0 Å². The van der Waals surface area contributed by atoms with Crippen LogP contribution in [0.4, 0.5) is 0 Å². The maximum atomic E-state index is 12.5. The highest BCUT2D eigenvalue weighted by Gasteiger charge is 2.44. The third-order valence-corrected chi connectivity index (χ3v) is 5.27. The van der Waals surface area contributed by atoms with Gasteiger partial charge in [-0.3, -0.25) is 4.79 Å². The topological polar surface area (TPSA) is 32.3 Å². The lowest BCUT2D eigenvalue weighted by atomic mass is 9.87. The minimum atomic E-state index is 0.389. The van der Waals surface area contributed by atoms with Gasteiger partial charge in [0.15, 0.2) is 0 Å². The Morgan fingerprint density at radius 1 is 1.12 bits per heavy atom. The van der Waals surface area contributed by atoms with Crippen LogP contribution in [0.15, 0.2) is 0 Å². The van der Waals surface area contributed by atoms with Crippen LogP contribution in [0.25, 0.3) is 0 Å². The van der Waals surface area contributed by atoms with Crippen molar-refractivity contribution in [3.8, 4) is 0 Å². The van der Waals surface area contributed by atoms with Crippen molar-refractivity contribution in [2.75, 3.05) is 20.1 Å². The molecule has 2 aliphatic carbocycles. The van der Waals surface area contributed by atoms with Crippen molar-refractivity contribution in [2.24, 2.45) is 17.8 Å². The Balaban J connectivity index is 1.56. The summed E-state index contributed by atoms with van der Waals surface area (Å²) in [5.41, 5.74) is 0. The Hall–Kier alpha value is -0.570. The van der Waals surface area contributed by atoms with Crippen molar-refractivity contribution < 1.29 is 4.79 Å². The van der Waals surface area contributed by atoms with Crippen molar-refractivity contribution in [1.82, 2.24) is 10.2 Å². The number of carbonyl (C=O) groups is 1. The number of rotatable bonds is 2. The molecule has 1 aliphatic heterocycles. The van der Waals surface area contributed by atoms with E-state index in [4.69, 9.17) is 0 Å². The fraction of sp³-hybridized carbons (Fsp3) is 0.929. The largest absolute Gasteiger partial charge is 0.342 e. The number of hydrogen-bond donors (Lipinski definition) is 1. The number of piperidine rings is 1. The van der Waals surface area contributed by atoms with Gasteiger partial charge in [0.2, 0.25) is 5.91 Å². The Kier molecular flexibility index (Phi) is 3.12. The monoisotopic (exact) mass is 236 g/mol. The fourth-order valence-electron chi connectivity index (χ4n) is 4.17. The van der Waals surface area contributed by atoms with E-state index in [0.29, 0.717) is 17.9 Å². The average molecular weight is 236 g/mol. The summed E-state index contributed by atoms with van der Waals surface area (Å²) < 4.78 is 0.